The van der Waals surface area contributed by atoms with Gasteiger partial charge in [0, 0.05) is 65.4 Å². The van der Waals surface area contributed by atoms with E-state index >= 15 is 0 Å². The van der Waals surface area contributed by atoms with Crippen LogP contribution in [-0.2, 0) is 0 Å². The van der Waals surface area contributed by atoms with Crippen LogP contribution in [0.3, 0.4) is 0 Å². The predicted molar refractivity (Wildman–Crippen MR) is 238 cm³/mol. The highest BCUT2D eigenvalue weighted by Gasteiger charge is 2.24. The van der Waals surface area contributed by atoms with Gasteiger partial charge in [0.15, 0.2) is 0 Å². The second-order valence-corrected chi connectivity index (χ2v) is 16.0. The lowest BCUT2D eigenvalue weighted by atomic mass is 9.98. The minimum Gasteiger partial charge on any atom is -0.311 e. The van der Waals surface area contributed by atoms with Gasteiger partial charge in [-0.3, -0.25) is 0 Å². The topological polar surface area (TPSA) is 35.6 Å². The van der Waals surface area contributed by atoms with E-state index in [1.165, 1.54) is 69.5 Å². The van der Waals surface area contributed by atoms with Gasteiger partial charge in [0.2, 0.25) is 0 Å². The molecule has 4 heterocycles. The maximum absolute atomic E-state index is 5.18. The molecule has 0 saturated heterocycles. The first-order chi connectivity index (χ1) is 27.7. The number of allylic oxidation sites excluding steroid dienone is 4. The highest BCUT2D eigenvalue weighted by molar-refractivity contribution is 7.26. The summed E-state index contributed by atoms with van der Waals surface area (Å²) < 4.78 is 7.70. The Kier molecular flexibility index (Phi) is 6.81. The molecule has 0 amide bonds. The van der Waals surface area contributed by atoms with E-state index in [-0.39, 0.29) is 0 Å². The van der Waals surface area contributed by atoms with Gasteiger partial charge in [-0.15, -0.1) is 11.3 Å². The second kappa shape index (κ2) is 12.1. The molecule has 0 spiro atoms. The molecule has 11 aromatic rings. The number of hydrogen-bond acceptors (Lipinski definition) is 3. The van der Waals surface area contributed by atoms with Crippen molar-refractivity contribution in [1.82, 2.24) is 19.1 Å². The minimum atomic E-state index is 0.386. The van der Waals surface area contributed by atoms with Crippen molar-refractivity contribution in [2.45, 2.75) is 13.3 Å². The third kappa shape index (κ3) is 4.58. The Labute approximate surface area is 326 Å². The maximum Gasteiger partial charge on any atom is 0.0973 e. The number of aromatic nitrogens is 4. The average Bonchev–Trinajstić information content (AvgIpc) is 3.90. The molecule has 1 unspecified atom stereocenters. The van der Waals surface area contributed by atoms with Gasteiger partial charge in [-0.2, -0.15) is 0 Å². The molecule has 4 aromatic heterocycles. The van der Waals surface area contributed by atoms with E-state index in [1.54, 1.807) is 0 Å². The van der Waals surface area contributed by atoms with Crippen molar-refractivity contribution in [1.29, 1.82) is 0 Å². The number of rotatable bonds is 4. The molecule has 1 atom stereocenters. The van der Waals surface area contributed by atoms with Crippen LogP contribution in [0.15, 0.2) is 170 Å². The Bertz CT molecular complexity index is 3450. The summed E-state index contributed by atoms with van der Waals surface area (Å²) >= 11 is 1.91. The maximum atomic E-state index is 5.18. The molecule has 0 aliphatic heterocycles. The van der Waals surface area contributed by atoms with E-state index in [9.17, 15) is 0 Å². The SMILES string of the molecule is CC1CC=CC=C1n1c2cc3c(cc2c2ccc4c5ccccc5sc4c21)c1ccccc1n3-c1ccc(-c2nc3ccccc3nc2-c2ccccc2)cc1. The molecular weight excluding hydrogens is 701 g/mol. The molecule has 1 aliphatic carbocycles. The fourth-order valence-electron chi connectivity index (χ4n) is 9.08. The zero-order valence-corrected chi connectivity index (χ0v) is 31.5. The quantitative estimate of drug-likeness (QED) is 0.180. The Morgan fingerprint density at radius 3 is 1.96 bits per heavy atom. The monoisotopic (exact) mass is 734 g/mol. The summed E-state index contributed by atoms with van der Waals surface area (Å²) in [6, 6.07) is 54.7. The summed E-state index contributed by atoms with van der Waals surface area (Å²) in [5.74, 6) is 0.386. The Morgan fingerprint density at radius 2 is 1.18 bits per heavy atom. The lowest BCUT2D eigenvalue weighted by Gasteiger charge is -2.21. The van der Waals surface area contributed by atoms with Crippen molar-refractivity contribution in [3.05, 3.63) is 170 Å². The first-order valence-corrected chi connectivity index (χ1v) is 20.1. The van der Waals surface area contributed by atoms with Crippen LogP contribution in [0, 0.1) is 5.92 Å². The van der Waals surface area contributed by atoms with Crippen LogP contribution in [0.2, 0.25) is 0 Å². The normalized spacial score (nSPS) is 14.7. The number of benzene rings is 7. The van der Waals surface area contributed by atoms with Crippen molar-refractivity contribution < 1.29 is 0 Å². The molecule has 0 fully saturated rings. The molecule has 1 aliphatic rings. The van der Waals surface area contributed by atoms with E-state index < -0.39 is 0 Å². The Hall–Kier alpha value is -6.82. The number of hydrogen-bond donors (Lipinski definition) is 0. The van der Waals surface area contributed by atoms with Gasteiger partial charge in [0.25, 0.3) is 0 Å². The van der Waals surface area contributed by atoms with Gasteiger partial charge in [0.1, 0.15) is 0 Å². The standard InChI is InChI=1S/C51H34N4S/c1-31-13-5-10-20-43(31)55-46-30-45-39(29-40(46)37-27-28-38-36-17-7-12-22-47(36)56-51(38)50(37)55)35-16-6-11-21-44(35)54(45)34-25-23-33(24-26-34)49-48(32-14-3-2-4-15-32)52-41-18-8-9-19-42(41)53-49/h2-12,14-31H,13H2,1H3. The van der Waals surface area contributed by atoms with Crippen molar-refractivity contribution in [2.75, 3.05) is 0 Å². The lowest BCUT2D eigenvalue weighted by molar-refractivity contribution is 0.725. The fourth-order valence-corrected chi connectivity index (χ4v) is 10.3. The van der Waals surface area contributed by atoms with Gasteiger partial charge < -0.3 is 9.13 Å². The zero-order valence-electron chi connectivity index (χ0n) is 30.6. The van der Waals surface area contributed by atoms with Crippen molar-refractivity contribution in [3.8, 4) is 28.2 Å². The average molecular weight is 735 g/mol. The van der Waals surface area contributed by atoms with Crippen LogP contribution in [0.1, 0.15) is 13.3 Å². The van der Waals surface area contributed by atoms with Crippen LogP contribution in [0.4, 0.5) is 0 Å². The largest absolute Gasteiger partial charge is 0.311 e. The minimum absolute atomic E-state index is 0.386. The van der Waals surface area contributed by atoms with Crippen LogP contribution in [0.5, 0.6) is 0 Å². The van der Waals surface area contributed by atoms with Gasteiger partial charge in [-0.25, -0.2) is 9.97 Å². The van der Waals surface area contributed by atoms with E-state index in [4.69, 9.17) is 9.97 Å². The van der Waals surface area contributed by atoms with Crippen molar-refractivity contribution in [3.63, 3.8) is 0 Å². The van der Waals surface area contributed by atoms with Gasteiger partial charge in [-0.05, 0) is 61.0 Å². The number of nitrogens with zero attached hydrogens (tertiary/aromatic N) is 4. The summed E-state index contributed by atoms with van der Waals surface area (Å²) in [5, 5.41) is 7.75. The molecular formula is C51H34N4S. The summed E-state index contributed by atoms with van der Waals surface area (Å²) in [5.41, 5.74) is 13.0. The molecule has 4 nitrogen and oxygen atoms in total. The second-order valence-electron chi connectivity index (χ2n) is 15.0. The predicted octanol–water partition coefficient (Wildman–Crippen LogP) is 14.0. The summed E-state index contributed by atoms with van der Waals surface area (Å²) in [6.07, 6.45) is 7.89. The third-order valence-electron chi connectivity index (χ3n) is 11.7. The molecule has 0 N–H and O–H groups in total. The van der Waals surface area contributed by atoms with Crippen molar-refractivity contribution >= 4 is 91.9 Å². The summed E-state index contributed by atoms with van der Waals surface area (Å²) in [7, 11) is 0. The van der Waals surface area contributed by atoms with Crippen LogP contribution in [0.25, 0.3) is 109 Å². The molecule has 0 bridgehead atoms. The van der Waals surface area contributed by atoms with E-state index in [2.05, 4.69) is 156 Å². The molecule has 0 radical (unpaired) electrons. The molecule has 56 heavy (non-hydrogen) atoms. The Balaban J connectivity index is 1.12. The van der Waals surface area contributed by atoms with Crippen molar-refractivity contribution in [2.24, 2.45) is 5.92 Å². The Morgan fingerprint density at radius 1 is 0.536 bits per heavy atom. The van der Waals surface area contributed by atoms with Crippen LogP contribution in [-0.4, -0.2) is 19.1 Å². The first-order valence-electron chi connectivity index (χ1n) is 19.3. The van der Waals surface area contributed by atoms with Gasteiger partial charge in [-0.1, -0.05) is 122 Å². The molecule has 264 valence electrons. The first kappa shape index (κ1) is 31.5. The van der Waals surface area contributed by atoms with E-state index in [1.807, 2.05) is 41.7 Å². The van der Waals surface area contributed by atoms with Gasteiger partial charge in [0.05, 0.1) is 49.2 Å². The summed E-state index contributed by atoms with van der Waals surface area (Å²) in [4.78, 5) is 10.3. The summed E-state index contributed by atoms with van der Waals surface area (Å²) in [6.45, 7) is 2.36. The molecule has 5 heteroatoms. The van der Waals surface area contributed by atoms with E-state index in [0.29, 0.717) is 5.92 Å². The molecule has 0 saturated carbocycles. The number of fused-ring (bicyclic) bond motifs is 11. The molecule has 7 aromatic carbocycles. The molecule has 12 rings (SSSR count). The fraction of sp³-hybridized carbons (Fsp3) is 0.0588. The van der Waals surface area contributed by atoms with Gasteiger partial charge >= 0.3 is 0 Å². The number of para-hydroxylation sites is 3. The smallest absolute Gasteiger partial charge is 0.0973 e. The van der Waals surface area contributed by atoms with Crippen LogP contribution >= 0.6 is 11.3 Å². The zero-order chi connectivity index (χ0) is 36.9. The third-order valence-corrected chi connectivity index (χ3v) is 12.9. The van der Waals surface area contributed by atoms with Crippen LogP contribution < -0.4 is 0 Å². The van der Waals surface area contributed by atoms with E-state index in [0.717, 1.165) is 45.7 Å². The number of thiophene rings is 1. The lowest BCUT2D eigenvalue weighted by Crippen LogP contribution is -2.08. The highest BCUT2D eigenvalue weighted by Crippen LogP contribution is 2.46. The highest BCUT2D eigenvalue weighted by atomic mass is 32.1.